The van der Waals surface area contributed by atoms with Crippen molar-refractivity contribution >= 4 is 15.5 Å². The number of nitrogens with one attached hydrogen (secondary N) is 1. The maximum atomic E-state index is 13.8. The minimum absolute atomic E-state index is 0.0668. The van der Waals surface area contributed by atoms with E-state index in [0.717, 1.165) is 49.9 Å². The molecule has 0 amide bonds. The molecule has 4 heteroatoms. The molecule has 1 aliphatic rings. The Bertz CT molecular complexity index is 986. The van der Waals surface area contributed by atoms with Crippen LogP contribution >= 0.6 is 0 Å². The number of rotatable bonds is 11. The molecule has 182 valence electrons. The van der Waals surface area contributed by atoms with Gasteiger partial charge in [-0.3, -0.25) is 0 Å². The van der Waals surface area contributed by atoms with Crippen LogP contribution < -0.4 is 5.32 Å². The zero-order valence-corrected chi connectivity index (χ0v) is 21.9. The molecular weight excluding hydrogens is 426 g/mol. The van der Waals surface area contributed by atoms with Gasteiger partial charge in [0.2, 0.25) is 0 Å². The molecule has 0 saturated carbocycles. The topological polar surface area (TPSA) is 46.2 Å². The molecule has 3 nitrogen and oxygen atoms in total. The molecule has 33 heavy (non-hydrogen) atoms. The summed E-state index contributed by atoms with van der Waals surface area (Å²) in [4.78, 5) is 0.534. The quantitative estimate of drug-likeness (QED) is 0.341. The van der Waals surface area contributed by atoms with Crippen LogP contribution in [0, 0.1) is 11.3 Å². The minimum Gasteiger partial charge on any atom is -0.385 e. The maximum Gasteiger partial charge on any atom is 0.179 e. The van der Waals surface area contributed by atoms with Gasteiger partial charge in [-0.15, -0.1) is 0 Å². The first-order valence-electron chi connectivity index (χ1n) is 13.0. The van der Waals surface area contributed by atoms with Crippen molar-refractivity contribution in [1.82, 2.24) is 0 Å². The molecule has 1 heterocycles. The second kappa shape index (κ2) is 11.6. The SMILES string of the molecule is CCCCCCNc1ccc2c(c1)[C@@H](c1ccccc1)[C@@H](C)[C@@](CC)(CCCC)CS2(=O)=O. The number of sulfone groups is 1. The third kappa shape index (κ3) is 5.82. The Morgan fingerprint density at radius 1 is 0.939 bits per heavy atom. The minimum atomic E-state index is -3.38. The standard InChI is InChI=1S/C29H43NO2S/c1-5-8-10-14-20-30-25-17-18-27-26(21-25)28(24-15-12-11-13-16-24)23(4)29(7-3,19-9-6-2)22-33(27,31)32/h11-13,15-18,21,23,28,30H,5-10,14,19-20,22H2,1-4H3/t23-,28-,29+/m1/s1. The van der Waals surface area contributed by atoms with Crippen molar-refractivity contribution < 1.29 is 8.42 Å². The summed E-state index contributed by atoms with van der Waals surface area (Å²) in [7, 11) is -3.38. The van der Waals surface area contributed by atoms with Gasteiger partial charge in [0, 0.05) is 18.2 Å². The van der Waals surface area contributed by atoms with Gasteiger partial charge in [0.15, 0.2) is 9.84 Å². The van der Waals surface area contributed by atoms with Crippen LogP contribution in [0.1, 0.15) is 96.1 Å². The van der Waals surface area contributed by atoms with E-state index >= 15 is 0 Å². The molecule has 3 atom stereocenters. The first-order valence-corrected chi connectivity index (χ1v) is 14.7. The highest BCUT2D eigenvalue weighted by Crippen LogP contribution is 2.52. The fourth-order valence-electron chi connectivity index (χ4n) is 5.74. The van der Waals surface area contributed by atoms with Crippen LogP contribution in [0.2, 0.25) is 0 Å². The van der Waals surface area contributed by atoms with Crippen LogP contribution in [0.15, 0.2) is 53.4 Å². The highest BCUT2D eigenvalue weighted by atomic mass is 32.2. The molecule has 0 fully saturated rings. The van der Waals surface area contributed by atoms with Gasteiger partial charge in [-0.25, -0.2) is 8.42 Å². The molecule has 2 aromatic rings. The fourth-order valence-corrected chi connectivity index (χ4v) is 8.08. The van der Waals surface area contributed by atoms with Crippen LogP contribution in [0.3, 0.4) is 0 Å². The Labute approximate surface area is 202 Å². The van der Waals surface area contributed by atoms with Crippen LogP contribution in [0.5, 0.6) is 0 Å². The maximum absolute atomic E-state index is 13.8. The number of benzene rings is 2. The van der Waals surface area contributed by atoms with Crippen molar-refractivity contribution in [2.24, 2.45) is 11.3 Å². The molecule has 3 rings (SSSR count). The largest absolute Gasteiger partial charge is 0.385 e. The van der Waals surface area contributed by atoms with Gasteiger partial charge >= 0.3 is 0 Å². The number of hydrogen-bond acceptors (Lipinski definition) is 3. The summed E-state index contributed by atoms with van der Waals surface area (Å²) in [5.74, 6) is 0.544. The average molecular weight is 470 g/mol. The van der Waals surface area contributed by atoms with Gasteiger partial charge in [0.25, 0.3) is 0 Å². The first kappa shape index (κ1) is 25.8. The van der Waals surface area contributed by atoms with E-state index in [1.165, 1.54) is 24.8 Å². The van der Waals surface area contributed by atoms with Crippen molar-refractivity contribution in [2.45, 2.75) is 89.9 Å². The lowest BCUT2D eigenvalue weighted by Gasteiger charge is -2.41. The molecule has 0 unspecified atom stereocenters. The Balaban J connectivity index is 2.08. The van der Waals surface area contributed by atoms with E-state index in [9.17, 15) is 8.42 Å². The molecule has 0 radical (unpaired) electrons. The summed E-state index contributed by atoms with van der Waals surface area (Å²) in [5.41, 5.74) is 3.00. The zero-order valence-electron chi connectivity index (χ0n) is 21.1. The van der Waals surface area contributed by atoms with Gasteiger partial charge in [0.05, 0.1) is 10.6 Å². The smallest absolute Gasteiger partial charge is 0.179 e. The normalized spacial score (nSPS) is 24.1. The predicted octanol–water partition coefficient (Wildman–Crippen LogP) is 7.82. The van der Waals surface area contributed by atoms with Crippen molar-refractivity contribution in [3.8, 4) is 0 Å². The summed E-state index contributed by atoms with van der Waals surface area (Å²) >= 11 is 0. The van der Waals surface area contributed by atoms with E-state index in [4.69, 9.17) is 0 Å². The van der Waals surface area contributed by atoms with Gasteiger partial charge < -0.3 is 5.32 Å². The Hall–Kier alpha value is -1.81. The number of unbranched alkanes of at least 4 members (excludes halogenated alkanes) is 4. The molecule has 0 aliphatic carbocycles. The second-order valence-electron chi connectivity index (χ2n) is 10.00. The molecule has 2 aromatic carbocycles. The lowest BCUT2D eigenvalue weighted by molar-refractivity contribution is 0.160. The van der Waals surface area contributed by atoms with Crippen LogP contribution in [0.4, 0.5) is 5.69 Å². The molecular formula is C29H43NO2S. The van der Waals surface area contributed by atoms with Crippen molar-refractivity contribution in [3.63, 3.8) is 0 Å². The highest BCUT2D eigenvalue weighted by molar-refractivity contribution is 7.91. The van der Waals surface area contributed by atoms with Crippen LogP contribution in [-0.4, -0.2) is 20.7 Å². The molecule has 0 saturated heterocycles. The molecule has 0 spiro atoms. The van der Waals surface area contributed by atoms with E-state index in [1.54, 1.807) is 0 Å². The summed E-state index contributed by atoms with van der Waals surface area (Å²) in [6.45, 7) is 9.82. The van der Waals surface area contributed by atoms with Crippen molar-refractivity contribution in [1.29, 1.82) is 0 Å². The Kier molecular flexibility index (Phi) is 9.03. The number of fused-ring (bicyclic) bond motifs is 1. The first-order chi connectivity index (χ1) is 15.9. The van der Waals surface area contributed by atoms with E-state index in [1.807, 2.05) is 18.2 Å². The third-order valence-electron chi connectivity index (χ3n) is 7.87. The zero-order chi connectivity index (χ0) is 23.9. The Morgan fingerprint density at radius 3 is 2.33 bits per heavy atom. The van der Waals surface area contributed by atoms with E-state index in [-0.39, 0.29) is 23.0 Å². The van der Waals surface area contributed by atoms with Crippen LogP contribution in [0.25, 0.3) is 0 Å². The lowest BCUT2D eigenvalue weighted by Crippen LogP contribution is -2.37. The molecule has 0 aromatic heterocycles. The molecule has 1 N–H and O–H groups in total. The molecule has 0 bridgehead atoms. The van der Waals surface area contributed by atoms with Gasteiger partial charge in [-0.1, -0.05) is 90.1 Å². The fraction of sp³-hybridized carbons (Fsp3) is 0.586. The lowest BCUT2D eigenvalue weighted by atomic mass is 9.64. The Morgan fingerprint density at radius 2 is 1.67 bits per heavy atom. The summed E-state index contributed by atoms with van der Waals surface area (Å²) < 4.78 is 27.6. The number of anilines is 1. The van der Waals surface area contributed by atoms with E-state index < -0.39 is 9.84 Å². The number of hydrogen-bond donors (Lipinski definition) is 1. The van der Waals surface area contributed by atoms with E-state index in [2.05, 4.69) is 63.3 Å². The summed E-state index contributed by atoms with van der Waals surface area (Å²) in [6, 6.07) is 16.5. The van der Waals surface area contributed by atoms with Gasteiger partial charge in [-0.2, -0.15) is 0 Å². The van der Waals surface area contributed by atoms with Crippen LogP contribution in [-0.2, 0) is 9.84 Å². The molecule has 1 aliphatic heterocycles. The summed E-state index contributed by atoms with van der Waals surface area (Å²) in [6.07, 6.45) is 8.84. The van der Waals surface area contributed by atoms with Crippen molar-refractivity contribution in [2.75, 3.05) is 17.6 Å². The van der Waals surface area contributed by atoms with E-state index in [0.29, 0.717) is 4.90 Å². The monoisotopic (exact) mass is 469 g/mol. The van der Waals surface area contributed by atoms with Crippen molar-refractivity contribution in [3.05, 3.63) is 59.7 Å². The highest BCUT2D eigenvalue weighted by Gasteiger charge is 2.47. The third-order valence-corrected chi connectivity index (χ3v) is 9.87. The summed E-state index contributed by atoms with van der Waals surface area (Å²) in [5, 5.41) is 3.56. The predicted molar refractivity (Wildman–Crippen MR) is 141 cm³/mol. The van der Waals surface area contributed by atoms with Gasteiger partial charge in [-0.05, 0) is 59.9 Å². The average Bonchev–Trinajstić information content (AvgIpc) is 2.89. The second-order valence-corrected chi connectivity index (χ2v) is 12.0. The van der Waals surface area contributed by atoms with Gasteiger partial charge in [0.1, 0.15) is 0 Å².